The minimum Gasteiger partial charge on any atom is -0.457 e. The Labute approximate surface area is 127 Å². The van der Waals surface area contributed by atoms with Crippen molar-refractivity contribution in [2.75, 3.05) is 6.61 Å². The fourth-order valence-corrected chi connectivity index (χ4v) is 2.19. The van der Waals surface area contributed by atoms with E-state index in [4.69, 9.17) is 26.4 Å². The van der Waals surface area contributed by atoms with Crippen LogP contribution in [0.4, 0.5) is 0 Å². The van der Waals surface area contributed by atoms with Crippen LogP contribution in [0.25, 0.3) is 0 Å². The van der Waals surface area contributed by atoms with Gasteiger partial charge in [-0.25, -0.2) is 0 Å². The van der Waals surface area contributed by atoms with Crippen LogP contribution in [0.5, 0.6) is 0 Å². The number of rotatable bonds is 4. The van der Waals surface area contributed by atoms with Gasteiger partial charge < -0.3 is 29.7 Å². The van der Waals surface area contributed by atoms with Crippen LogP contribution in [0, 0.1) is 0 Å². The summed E-state index contributed by atoms with van der Waals surface area (Å²) in [7, 11) is 0. The highest BCUT2D eigenvalue weighted by Crippen LogP contribution is 2.25. The summed E-state index contributed by atoms with van der Waals surface area (Å²) in [4.78, 5) is 22.7. The molecule has 0 aromatic heterocycles. The van der Waals surface area contributed by atoms with E-state index in [1.54, 1.807) is 6.92 Å². The second-order valence-corrected chi connectivity index (χ2v) is 5.24. The number of hydrogen-bond donors (Lipinski definition) is 3. The van der Waals surface area contributed by atoms with Crippen molar-refractivity contribution < 1.29 is 34.0 Å². The largest absolute Gasteiger partial charge is 0.457 e. The van der Waals surface area contributed by atoms with Crippen LogP contribution in [0.1, 0.15) is 20.8 Å². The van der Waals surface area contributed by atoms with E-state index in [0.717, 1.165) is 0 Å². The standard InChI is InChI=1S/C12H19NO7S/c1-5(21)13-9-11(18-6(2)15)10(17)8(4-14)20-12(9)19-7(3)16/h8-12,14,17H,4H2,1-3H3,(H,13,21)/t8-,9-,10-,11-,12-/m1/s1. The summed E-state index contributed by atoms with van der Waals surface area (Å²) in [5.41, 5.74) is 0. The number of aliphatic hydroxyl groups excluding tert-OH is 2. The number of carbonyl (C=O) groups is 2. The van der Waals surface area contributed by atoms with E-state index in [1.807, 2.05) is 0 Å². The number of thiocarbonyl (C=S) groups is 1. The van der Waals surface area contributed by atoms with E-state index in [1.165, 1.54) is 13.8 Å². The molecule has 1 aliphatic heterocycles. The number of ether oxygens (including phenoxy) is 3. The average Bonchev–Trinajstić information content (AvgIpc) is 2.35. The highest BCUT2D eigenvalue weighted by Gasteiger charge is 2.48. The molecule has 1 saturated heterocycles. The third kappa shape index (κ3) is 4.88. The highest BCUT2D eigenvalue weighted by atomic mass is 32.1. The van der Waals surface area contributed by atoms with Gasteiger partial charge in [-0.3, -0.25) is 9.59 Å². The zero-order chi connectivity index (χ0) is 16.2. The van der Waals surface area contributed by atoms with Gasteiger partial charge >= 0.3 is 11.9 Å². The number of nitrogens with one attached hydrogen (secondary N) is 1. The van der Waals surface area contributed by atoms with Crippen LogP contribution in [0.15, 0.2) is 0 Å². The van der Waals surface area contributed by atoms with Gasteiger partial charge in [0.2, 0.25) is 6.29 Å². The summed E-state index contributed by atoms with van der Waals surface area (Å²) in [6.07, 6.45) is -4.60. The lowest BCUT2D eigenvalue weighted by Crippen LogP contribution is -2.65. The maximum atomic E-state index is 11.2. The molecule has 0 spiro atoms. The summed E-state index contributed by atoms with van der Waals surface area (Å²) < 4.78 is 15.4. The number of hydrogen-bond acceptors (Lipinski definition) is 8. The first-order valence-electron chi connectivity index (χ1n) is 6.32. The van der Waals surface area contributed by atoms with Gasteiger partial charge in [0, 0.05) is 13.8 Å². The molecule has 0 aromatic carbocycles. The van der Waals surface area contributed by atoms with Crippen LogP contribution in [-0.2, 0) is 23.8 Å². The first-order chi connectivity index (χ1) is 9.76. The number of carbonyl (C=O) groups excluding carboxylic acids is 2. The van der Waals surface area contributed by atoms with Gasteiger partial charge in [-0.15, -0.1) is 0 Å². The van der Waals surface area contributed by atoms with Crippen LogP contribution in [0.3, 0.4) is 0 Å². The van der Waals surface area contributed by atoms with Gasteiger partial charge in [-0.2, -0.15) is 0 Å². The van der Waals surface area contributed by atoms with Crippen molar-refractivity contribution in [2.45, 2.75) is 51.4 Å². The molecule has 1 aliphatic rings. The minimum absolute atomic E-state index is 0.340. The summed E-state index contributed by atoms with van der Waals surface area (Å²) in [5, 5.41) is 22.1. The molecular formula is C12H19NO7S. The molecule has 21 heavy (non-hydrogen) atoms. The van der Waals surface area contributed by atoms with Crippen molar-refractivity contribution in [3.8, 4) is 0 Å². The van der Waals surface area contributed by atoms with E-state index in [-0.39, 0.29) is 0 Å². The molecule has 0 bridgehead atoms. The molecule has 8 nitrogen and oxygen atoms in total. The second kappa shape index (κ2) is 7.64. The molecule has 1 fully saturated rings. The maximum absolute atomic E-state index is 11.2. The van der Waals surface area contributed by atoms with Crippen molar-refractivity contribution in [1.82, 2.24) is 5.32 Å². The van der Waals surface area contributed by atoms with E-state index in [2.05, 4.69) is 5.32 Å². The zero-order valence-corrected chi connectivity index (χ0v) is 12.8. The van der Waals surface area contributed by atoms with Gasteiger partial charge in [0.15, 0.2) is 6.10 Å². The van der Waals surface area contributed by atoms with Crippen LogP contribution in [0.2, 0.25) is 0 Å². The Balaban J connectivity index is 3.05. The maximum Gasteiger partial charge on any atom is 0.305 e. The fourth-order valence-electron chi connectivity index (χ4n) is 2.05. The lowest BCUT2D eigenvalue weighted by atomic mass is 9.96. The Bertz CT molecular complexity index is 416. The Morgan fingerprint density at radius 3 is 2.24 bits per heavy atom. The predicted octanol–water partition coefficient (Wildman–Crippen LogP) is -1.14. The fraction of sp³-hybridized carbons (Fsp3) is 0.750. The average molecular weight is 321 g/mol. The third-order valence-electron chi connectivity index (χ3n) is 2.81. The Morgan fingerprint density at radius 1 is 1.24 bits per heavy atom. The number of esters is 2. The molecule has 5 atom stereocenters. The molecule has 120 valence electrons. The summed E-state index contributed by atoms with van der Waals surface area (Å²) in [5.74, 6) is -1.25. The first kappa shape index (κ1) is 17.8. The SMILES string of the molecule is CC(=O)O[C@@H]1O[C@H](CO)[C@@H](O)[C@H](OC(C)=O)[C@H]1NC(C)=S. The van der Waals surface area contributed by atoms with Gasteiger partial charge in [0.05, 0.1) is 11.6 Å². The van der Waals surface area contributed by atoms with E-state index >= 15 is 0 Å². The smallest absolute Gasteiger partial charge is 0.305 e. The van der Waals surface area contributed by atoms with E-state index in [9.17, 15) is 19.8 Å². The molecule has 0 aliphatic carbocycles. The highest BCUT2D eigenvalue weighted by molar-refractivity contribution is 7.80. The van der Waals surface area contributed by atoms with Crippen LogP contribution < -0.4 is 5.32 Å². The minimum atomic E-state index is -1.29. The predicted molar refractivity (Wildman–Crippen MR) is 74.3 cm³/mol. The summed E-state index contributed by atoms with van der Waals surface area (Å²) in [6, 6.07) is -0.881. The number of aliphatic hydroxyl groups is 2. The summed E-state index contributed by atoms with van der Waals surface area (Å²) in [6.45, 7) is 3.41. The van der Waals surface area contributed by atoms with Crippen molar-refractivity contribution in [3.63, 3.8) is 0 Å². The molecule has 9 heteroatoms. The van der Waals surface area contributed by atoms with Crippen molar-refractivity contribution in [3.05, 3.63) is 0 Å². The lowest BCUT2D eigenvalue weighted by molar-refractivity contribution is -0.264. The Kier molecular flexibility index (Phi) is 6.46. The normalized spacial score (nSPS) is 32.1. The van der Waals surface area contributed by atoms with Gasteiger partial charge in [-0.1, -0.05) is 12.2 Å². The molecule has 0 saturated carbocycles. The van der Waals surface area contributed by atoms with Gasteiger partial charge in [0.25, 0.3) is 0 Å². The topological polar surface area (TPSA) is 114 Å². The second-order valence-electron chi connectivity index (χ2n) is 4.63. The molecule has 1 heterocycles. The van der Waals surface area contributed by atoms with Crippen LogP contribution >= 0.6 is 12.2 Å². The summed E-state index contributed by atoms with van der Waals surface area (Å²) >= 11 is 4.93. The molecular weight excluding hydrogens is 302 g/mol. The van der Waals surface area contributed by atoms with Crippen molar-refractivity contribution in [2.24, 2.45) is 0 Å². The lowest BCUT2D eigenvalue weighted by Gasteiger charge is -2.43. The molecule has 1 rings (SSSR count). The van der Waals surface area contributed by atoms with E-state index < -0.39 is 49.2 Å². The Hall–Kier alpha value is -1.29. The monoisotopic (exact) mass is 321 g/mol. The Morgan fingerprint density at radius 2 is 1.81 bits per heavy atom. The van der Waals surface area contributed by atoms with Crippen molar-refractivity contribution >= 4 is 29.1 Å². The molecule has 0 amide bonds. The van der Waals surface area contributed by atoms with Gasteiger partial charge in [-0.05, 0) is 6.92 Å². The third-order valence-corrected chi connectivity index (χ3v) is 2.93. The molecule has 0 radical (unpaired) electrons. The van der Waals surface area contributed by atoms with E-state index in [0.29, 0.717) is 4.99 Å². The van der Waals surface area contributed by atoms with Crippen LogP contribution in [-0.4, -0.2) is 64.4 Å². The molecule has 0 unspecified atom stereocenters. The zero-order valence-electron chi connectivity index (χ0n) is 11.9. The van der Waals surface area contributed by atoms with Crippen molar-refractivity contribution in [1.29, 1.82) is 0 Å². The van der Waals surface area contributed by atoms with Gasteiger partial charge in [0.1, 0.15) is 18.2 Å². The molecule has 3 N–H and O–H groups in total. The quantitative estimate of drug-likeness (QED) is 0.437. The first-order valence-corrected chi connectivity index (χ1v) is 6.73. The molecule has 0 aromatic rings.